The molecule has 34 heavy (non-hydrogen) atoms. The first-order valence-corrected chi connectivity index (χ1v) is 15.5. The number of hydrogen-bond acceptors (Lipinski definition) is 2. The standard InChI is InChI=1S/C28H56NO4P/c1-5-6-7-8-9-10-11-12-13-14-15-16-17-18-19-20-21-22-23-24-25-26-28(30,34(31,32)33)27-29(2,3)4/h10-11,16-17,30H,5-9,12-15,18-27H2,1-4H3,(H-,31,32,33)/p+1/b11-10-,17-16-. The molecular formula is C28H57NO4P+. The molecule has 0 aromatic heterocycles. The summed E-state index contributed by atoms with van der Waals surface area (Å²) >= 11 is 0. The molecular weight excluding hydrogens is 445 g/mol. The van der Waals surface area contributed by atoms with Gasteiger partial charge in [-0.25, -0.2) is 0 Å². The molecule has 0 aliphatic carbocycles. The number of allylic oxidation sites excluding steroid dienone is 4. The molecule has 0 fully saturated rings. The second-order valence-corrected chi connectivity index (χ2v) is 13.0. The zero-order valence-electron chi connectivity index (χ0n) is 22.9. The van der Waals surface area contributed by atoms with Crippen LogP contribution in [-0.4, -0.2) is 52.4 Å². The third kappa shape index (κ3) is 19.8. The van der Waals surface area contributed by atoms with Gasteiger partial charge in [0.1, 0.15) is 6.54 Å². The predicted octanol–water partition coefficient (Wildman–Crippen LogP) is 7.71. The lowest BCUT2D eigenvalue weighted by molar-refractivity contribution is -0.875. The SMILES string of the molecule is CCCCCC/C=C\CCCC/C=C\CCCCCCCCCC(O)(C[N+](C)(C)C)P(=O)(O)O. The molecule has 0 aromatic rings. The maximum atomic E-state index is 11.8. The van der Waals surface area contributed by atoms with Crippen LogP contribution in [0.3, 0.4) is 0 Å². The maximum Gasteiger partial charge on any atom is 0.362 e. The van der Waals surface area contributed by atoms with E-state index in [2.05, 4.69) is 31.2 Å². The summed E-state index contributed by atoms with van der Waals surface area (Å²) in [6.07, 6.45) is 29.8. The Balaban J connectivity index is 3.60. The van der Waals surface area contributed by atoms with Gasteiger partial charge in [0.05, 0.1) is 21.1 Å². The van der Waals surface area contributed by atoms with Crippen LogP contribution >= 0.6 is 7.60 Å². The van der Waals surface area contributed by atoms with Gasteiger partial charge in [0.2, 0.25) is 5.34 Å². The highest BCUT2D eigenvalue weighted by atomic mass is 31.2. The monoisotopic (exact) mass is 502 g/mol. The van der Waals surface area contributed by atoms with Crippen molar-refractivity contribution in [3.05, 3.63) is 24.3 Å². The lowest BCUT2D eigenvalue weighted by atomic mass is 10.0. The molecule has 0 aliphatic rings. The minimum absolute atomic E-state index is 0.0566. The minimum atomic E-state index is -4.55. The molecule has 0 aliphatic heterocycles. The molecule has 0 heterocycles. The van der Waals surface area contributed by atoms with E-state index in [1.807, 2.05) is 21.1 Å². The summed E-state index contributed by atoms with van der Waals surface area (Å²) in [5, 5.41) is 8.64. The van der Waals surface area contributed by atoms with E-state index in [-0.39, 0.29) is 13.0 Å². The molecule has 0 spiro atoms. The summed E-state index contributed by atoms with van der Waals surface area (Å²) in [6, 6.07) is 0. The first-order chi connectivity index (χ1) is 16.0. The summed E-state index contributed by atoms with van der Waals surface area (Å²) in [5.74, 6) is 0. The average molecular weight is 503 g/mol. The fourth-order valence-electron chi connectivity index (χ4n) is 4.32. The van der Waals surface area contributed by atoms with Crippen LogP contribution in [0.5, 0.6) is 0 Å². The Hall–Kier alpha value is -0.450. The summed E-state index contributed by atoms with van der Waals surface area (Å²) in [4.78, 5) is 19.2. The van der Waals surface area contributed by atoms with Crippen molar-refractivity contribution in [2.45, 2.75) is 128 Å². The molecule has 0 aromatic carbocycles. The number of hydrogen-bond donors (Lipinski definition) is 3. The smallest absolute Gasteiger partial charge is 0.362 e. The van der Waals surface area contributed by atoms with Crippen molar-refractivity contribution in [2.75, 3.05) is 27.7 Å². The third-order valence-electron chi connectivity index (χ3n) is 6.27. The van der Waals surface area contributed by atoms with Gasteiger partial charge in [-0.15, -0.1) is 0 Å². The van der Waals surface area contributed by atoms with Crippen LogP contribution in [0.1, 0.15) is 122 Å². The fourth-order valence-corrected chi connectivity index (χ4v) is 5.37. The Morgan fingerprint density at radius 3 is 1.38 bits per heavy atom. The summed E-state index contributed by atoms with van der Waals surface area (Å²) in [6.45, 7) is 2.31. The van der Waals surface area contributed by atoms with Crippen molar-refractivity contribution in [3.8, 4) is 0 Å². The van der Waals surface area contributed by atoms with Crippen LogP contribution in [0.15, 0.2) is 24.3 Å². The highest BCUT2D eigenvalue weighted by Crippen LogP contribution is 2.52. The van der Waals surface area contributed by atoms with E-state index in [1.54, 1.807) is 0 Å². The molecule has 3 N–H and O–H groups in total. The van der Waals surface area contributed by atoms with Crippen LogP contribution in [0.25, 0.3) is 0 Å². The second-order valence-electron chi connectivity index (χ2n) is 11.1. The third-order valence-corrected chi connectivity index (χ3v) is 7.72. The molecule has 1 unspecified atom stereocenters. The Labute approximate surface area is 211 Å². The number of nitrogens with zero attached hydrogens (tertiary/aromatic N) is 1. The van der Waals surface area contributed by atoms with E-state index in [1.165, 1.54) is 77.0 Å². The van der Waals surface area contributed by atoms with Crippen molar-refractivity contribution >= 4 is 7.60 Å². The van der Waals surface area contributed by atoms with Gasteiger partial charge in [0.15, 0.2) is 0 Å². The van der Waals surface area contributed by atoms with Crippen molar-refractivity contribution in [2.24, 2.45) is 0 Å². The molecule has 202 valence electrons. The Morgan fingerprint density at radius 2 is 1.00 bits per heavy atom. The van der Waals surface area contributed by atoms with Gasteiger partial charge in [0.25, 0.3) is 0 Å². The Bertz CT molecular complexity index is 579. The number of aliphatic hydroxyl groups is 1. The number of quaternary nitrogens is 1. The molecule has 1 atom stereocenters. The van der Waals surface area contributed by atoms with Gasteiger partial charge < -0.3 is 19.4 Å². The van der Waals surface area contributed by atoms with Gasteiger partial charge in [0, 0.05) is 0 Å². The number of unbranched alkanes of at least 4 members (excludes halogenated alkanes) is 14. The first kappa shape index (κ1) is 33.5. The van der Waals surface area contributed by atoms with Crippen LogP contribution in [0.4, 0.5) is 0 Å². The van der Waals surface area contributed by atoms with Crippen LogP contribution < -0.4 is 0 Å². The van der Waals surface area contributed by atoms with Crippen LogP contribution in [0, 0.1) is 0 Å². The van der Waals surface area contributed by atoms with Crippen LogP contribution in [-0.2, 0) is 4.57 Å². The minimum Gasteiger partial charge on any atom is -0.373 e. The van der Waals surface area contributed by atoms with Crippen LogP contribution in [0.2, 0.25) is 0 Å². The zero-order chi connectivity index (χ0) is 25.8. The number of likely N-dealkylation sites (N-methyl/N-ethyl adjacent to an activating group) is 1. The van der Waals surface area contributed by atoms with E-state index in [0.717, 1.165) is 25.7 Å². The Morgan fingerprint density at radius 1 is 0.647 bits per heavy atom. The van der Waals surface area contributed by atoms with E-state index in [9.17, 15) is 19.5 Å². The lowest BCUT2D eigenvalue weighted by Gasteiger charge is -2.35. The number of rotatable bonds is 23. The summed E-state index contributed by atoms with van der Waals surface area (Å²) in [7, 11) is 0.967. The molecule has 0 radical (unpaired) electrons. The highest BCUT2D eigenvalue weighted by molar-refractivity contribution is 7.53. The largest absolute Gasteiger partial charge is 0.373 e. The summed E-state index contributed by atoms with van der Waals surface area (Å²) in [5.41, 5.74) is 0. The fraction of sp³-hybridized carbons (Fsp3) is 0.857. The normalized spacial score (nSPS) is 14.9. The lowest BCUT2D eigenvalue weighted by Crippen LogP contribution is -2.49. The van der Waals surface area contributed by atoms with Gasteiger partial charge in [-0.1, -0.05) is 82.6 Å². The highest BCUT2D eigenvalue weighted by Gasteiger charge is 2.48. The van der Waals surface area contributed by atoms with Gasteiger partial charge in [-0.2, -0.15) is 0 Å². The van der Waals surface area contributed by atoms with Crippen molar-refractivity contribution < 1.29 is 23.9 Å². The summed E-state index contributed by atoms with van der Waals surface area (Å²) < 4.78 is 12.1. The van der Waals surface area contributed by atoms with E-state index >= 15 is 0 Å². The quantitative estimate of drug-likeness (QED) is 0.0578. The maximum absolute atomic E-state index is 11.8. The molecule has 5 nitrogen and oxygen atoms in total. The van der Waals surface area contributed by atoms with E-state index in [0.29, 0.717) is 10.9 Å². The molecule has 0 amide bonds. The van der Waals surface area contributed by atoms with E-state index < -0.39 is 12.9 Å². The molecule has 0 saturated heterocycles. The second kappa shape index (κ2) is 19.7. The van der Waals surface area contributed by atoms with Gasteiger partial charge in [-0.3, -0.25) is 4.57 Å². The van der Waals surface area contributed by atoms with Crippen molar-refractivity contribution in [1.29, 1.82) is 0 Å². The molecule has 0 saturated carbocycles. The average Bonchev–Trinajstić information content (AvgIpc) is 2.73. The molecule has 0 bridgehead atoms. The topological polar surface area (TPSA) is 77.8 Å². The van der Waals surface area contributed by atoms with Gasteiger partial charge in [-0.05, 0) is 64.2 Å². The first-order valence-electron chi connectivity index (χ1n) is 13.9. The van der Waals surface area contributed by atoms with E-state index in [4.69, 9.17) is 0 Å². The predicted molar refractivity (Wildman–Crippen MR) is 147 cm³/mol. The van der Waals surface area contributed by atoms with Gasteiger partial charge >= 0.3 is 7.60 Å². The zero-order valence-corrected chi connectivity index (χ0v) is 23.8. The molecule has 6 heteroatoms. The van der Waals surface area contributed by atoms with Crippen molar-refractivity contribution in [3.63, 3.8) is 0 Å². The molecule has 0 rings (SSSR count). The van der Waals surface area contributed by atoms with Crippen molar-refractivity contribution in [1.82, 2.24) is 0 Å². The Kier molecular flexibility index (Phi) is 19.4.